The van der Waals surface area contributed by atoms with Crippen molar-refractivity contribution in [1.82, 2.24) is 24.9 Å². The zero-order valence-electron chi connectivity index (χ0n) is 18.9. The molecule has 4 rings (SSSR count). The van der Waals surface area contributed by atoms with E-state index in [0.717, 1.165) is 37.2 Å². The summed E-state index contributed by atoms with van der Waals surface area (Å²) in [6, 6.07) is 7.51. The number of hydrogen-bond donors (Lipinski definition) is 0. The molecule has 0 unspecified atom stereocenters. The Bertz CT molecular complexity index is 812. The number of aromatic nitrogens is 3. The minimum atomic E-state index is 0.221. The highest BCUT2D eigenvalue weighted by Gasteiger charge is 2.27. The van der Waals surface area contributed by atoms with Crippen LogP contribution >= 0.6 is 0 Å². The van der Waals surface area contributed by atoms with E-state index >= 15 is 0 Å². The third-order valence-corrected chi connectivity index (χ3v) is 6.50. The molecule has 164 valence electrons. The molecule has 2 aromatic heterocycles. The van der Waals surface area contributed by atoms with Crippen LogP contribution in [-0.2, 0) is 0 Å². The number of anilines is 1. The Morgan fingerprint density at radius 2 is 1.73 bits per heavy atom. The van der Waals surface area contributed by atoms with E-state index in [0.29, 0.717) is 17.8 Å². The largest absolute Gasteiger partial charge is 0.355 e. The third-order valence-electron chi connectivity index (χ3n) is 6.50. The number of hydrogen-bond acceptors (Lipinski definition) is 7. The highest BCUT2D eigenvalue weighted by molar-refractivity contribution is 5.53. The lowest BCUT2D eigenvalue weighted by Gasteiger charge is -2.39. The van der Waals surface area contributed by atoms with E-state index in [4.69, 9.17) is 9.51 Å². The Morgan fingerprint density at radius 1 is 0.933 bits per heavy atom. The quantitative estimate of drug-likeness (QED) is 0.743. The van der Waals surface area contributed by atoms with E-state index in [9.17, 15) is 0 Å². The molecule has 7 heteroatoms. The van der Waals surface area contributed by atoms with Gasteiger partial charge in [-0.3, -0.25) is 4.90 Å². The monoisotopic (exact) mass is 412 g/mol. The Labute approximate surface area is 180 Å². The van der Waals surface area contributed by atoms with Crippen molar-refractivity contribution in [2.75, 3.05) is 44.2 Å². The van der Waals surface area contributed by atoms with Crippen LogP contribution in [0.15, 0.2) is 22.7 Å². The number of rotatable bonds is 5. The van der Waals surface area contributed by atoms with Gasteiger partial charge in [-0.05, 0) is 58.3 Å². The van der Waals surface area contributed by atoms with Crippen LogP contribution in [0.2, 0.25) is 0 Å². The first kappa shape index (κ1) is 21.2. The van der Waals surface area contributed by atoms with Crippen molar-refractivity contribution in [3.63, 3.8) is 0 Å². The fourth-order valence-electron chi connectivity index (χ4n) is 4.60. The molecule has 2 aliphatic rings. The van der Waals surface area contributed by atoms with Crippen molar-refractivity contribution in [1.29, 1.82) is 0 Å². The molecule has 0 aromatic carbocycles. The molecule has 0 N–H and O–H groups in total. The average Bonchev–Trinajstić information content (AvgIpc) is 3.13. The Kier molecular flexibility index (Phi) is 6.68. The summed E-state index contributed by atoms with van der Waals surface area (Å²) >= 11 is 0. The molecule has 4 heterocycles. The van der Waals surface area contributed by atoms with Crippen LogP contribution in [0.25, 0.3) is 11.5 Å². The number of piperidine rings is 1. The second-order valence-electron chi connectivity index (χ2n) is 9.23. The van der Waals surface area contributed by atoms with Crippen molar-refractivity contribution in [2.24, 2.45) is 0 Å². The summed E-state index contributed by atoms with van der Waals surface area (Å²) in [5.74, 6) is 2.47. The normalized spacial score (nSPS) is 20.3. The SMILES string of the molecule is CC(C)c1nc(-c2cccc(N3CCCN(C4CCN(C(C)C)CC4)CC3)n2)no1. The molecular formula is C23H36N6O. The molecule has 2 aromatic rings. The van der Waals surface area contributed by atoms with Crippen molar-refractivity contribution in [3.05, 3.63) is 24.1 Å². The van der Waals surface area contributed by atoms with Gasteiger partial charge in [0, 0.05) is 44.2 Å². The second kappa shape index (κ2) is 9.43. The van der Waals surface area contributed by atoms with Crippen LogP contribution < -0.4 is 4.90 Å². The fraction of sp³-hybridized carbons (Fsp3) is 0.696. The standard InChI is InChI=1S/C23H36N6O/c1-17(2)23-25-22(26-30-23)20-7-5-8-21(24-20)29-12-6-11-28(15-16-29)19-9-13-27(14-10-19)18(3)4/h5,7-8,17-19H,6,9-16H2,1-4H3. The van der Waals surface area contributed by atoms with Crippen molar-refractivity contribution in [2.45, 2.75) is 65.0 Å². The first-order valence-corrected chi connectivity index (χ1v) is 11.6. The van der Waals surface area contributed by atoms with Crippen molar-refractivity contribution < 1.29 is 4.52 Å². The maximum atomic E-state index is 5.36. The molecule has 0 bridgehead atoms. The highest BCUT2D eigenvalue weighted by atomic mass is 16.5. The summed E-state index contributed by atoms with van der Waals surface area (Å²) in [6.07, 6.45) is 3.76. The molecule has 0 radical (unpaired) electrons. The molecule has 0 saturated carbocycles. The van der Waals surface area contributed by atoms with Crippen LogP contribution in [0.5, 0.6) is 0 Å². The lowest BCUT2D eigenvalue weighted by Crippen LogP contribution is -2.47. The van der Waals surface area contributed by atoms with Gasteiger partial charge in [-0.25, -0.2) is 4.98 Å². The van der Waals surface area contributed by atoms with Crippen molar-refractivity contribution in [3.8, 4) is 11.5 Å². The second-order valence-corrected chi connectivity index (χ2v) is 9.23. The highest BCUT2D eigenvalue weighted by Crippen LogP contribution is 2.23. The van der Waals surface area contributed by atoms with E-state index in [1.165, 1.54) is 38.9 Å². The smallest absolute Gasteiger partial charge is 0.229 e. The van der Waals surface area contributed by atoms with Crippen LogP contribution in [0.1, 0.15) is 58.8 Å². The molecule has 7 nitrogen and oxygen atoms in total. The van der Waals surface area contributed by atoms with E-state index in [2.05, 4.69) is 58.6 Å². The predicted molar refractivity (Wildman–Crippen MR) is 120 cm³/mol. The minimum absolute atomic E-state index is 0.221. The maximum absolute atomic E-state index is 5.36. The molecule has 2 saturated heterocycles. The zero-order valence-corrected chi connectivity index (χ0v) is 18.9. The van der Waals surface area contributed by atoms with Crippen LogP contribution in [0.3, 0.4) is 0 Å². The van der Waals surface area contributed by atoms with Crippen LogP contribution in [-0.4, -0.2) is 76.3 Å². The molecule has 2 fully saturated rings. The summed E-state index contributed by atoms with van der Waals surface area (Å²) in [5, 5.41) is 4.12. The van der Waals surface area contributed by atoms with E-state index in [1.54, 1.807) is 0 Å². The lowest BCUT2D eigenvalue weighted by molar-refractivity contribution is 0.0965. The number of likely N-dealkylation sites (tertiary alicyclic amines) is 1. The lowest BCUT2D eigenvalue weighted by atomic mass is 10.0. The molecule has 0 amide bonds. The van der Waals surface area contributed by atoms with Crippen LogP contribution in [0, 0.1) is 0 Å². The summed E-state index contributed by atoms with van der Waals surface area (Å²) in [4.78, 5) is 17.1. The summed E-state index contributed by atoms with van der Waals surface area (Å²) in [7, 11) is 0. The maximum Gasteiger partial charge on any atom is 0.229 e. The van der Waals surface area contributed by atoms with Gasteiger partial charge >= 0.3 is 0 Å². The summed E-state index contributed by atoms with van der Waals surface area (Å²) in [6.45, 7) is 15.5. The molecule has 2 aliphatic heterocycles. The Morgan fingerprint density at radius 3 is 2.43 bits per heavy atom. The molecule has 0 spiro atoms. The van der Waals surface area contributed by atoms with Gasteiger partial charge in [-0.1, -0.05) is 25.1 Å². The third kappa shape index (κ3) is 4.83. The first-order chi connectivity index (χ1) is 14.5. The topological polar surface area (TPSA) is 61.5 Å². The van der Waals surface area contributed by atoms with Gasteiger partial charge in [0.15, 0.2) is 0 Å². The first-order valence-electron chi connectivity index (χ1n) is 11.6. The van der Waals surface area contributed by atoms with Gasteiger partial charge in [0.1, 0.15) is 11.5 Å². The fourth-order valence-corrected chi connectivity index (χ4v) is 4.60. The molecule has 0 atom stereocenters. The van der Waals surface area contributed by atoms with Gasteiger partial charge in [-0.2, -0.15) is 4.98 Å². The van der Waals surface area contributed by atoms with Crippen molar-refractivity contribution >= 4 is 5.82 Å². The molecule has 0 aliphatic carbocycles. The molecular weight excluding hydrogens is 376 g/mol. The van der Waals surface area contributed by atoms with E-state index in [-0.39, 0.29) is 5.92 Å². The average molecular weight is 413 g/mol. The Hall–Kier alpha value is -1.99. The van der Waals surface area contributed by atoms with Crippen LogP contribution in [0.4, 0.5) is 5.82 Å². The molecule has 30 heavy (non-hydrogen) atoms. The van der Waals surface area contributed by atoms with Gasteiger partial charge in [0.05, 0.1) is 0 Å². The van der Waals surface area contributed by atoms with E-state index < -0.39 is 0 Å². The number of nitrogens with zero attached hydrogens (tertiary/aromatic N) is 6. The predicted octanol–water partition coefficient (Wildman–Crippen LogP) is 3.64. The van der Waals surface area contributed by atoms with Gasteiger partial charge < -0.3 is 14.3 Å². The summed E-state index contributed by atoms with van der Waals surface area (Å²) in [5.41, 5.74) is 0.783. The minimum Gasteiger partial charge on any atom is -0.355 e. The van der Waals surface area contributed by atoms with Gasteiger partial charge in [0.2, 0.25) is 11.7 Å². The summed E-state index contributed by atoms with van der Waals surface area (Å²) < 4.78 is 5.36. The number of pyridine rings is 1. The van der Waals surface area contributed by atoms with Gasteiger partial charge in [0.25, 0.3) is 0 Å². The van der Waals surface area contributed by atoms with E-state index in [1.807, 2.05) is 12.1 Å². The van der Waals surface area contributed by atoms with Gasteiger partial charge in [-0.15, -0.1) is 0 Å². The Balaban J connectivity index is 1.39. The zero-order chi connectivity index (χ0) is 21.1.